The predicted octanol–water partition coefficient (Wildman–Crippen LogP) is 3.29. The van der Waals surface area contributed by atoms with Crippen molar-refractivity contribution < 1.29 is 9.90 Å². The molecule has 0 aromatic heterocycles. The van der Waals surface area contributed by atoms with Crippen molar-refractivity contribution in [2.75, 3.05) is 18.0 Å². The third kappa shape index (κ3) is 3.64. The first-order valence-electron chi connectivity index (χ1n) is 6.76. The Bertz CT molecular complexity index is 531. The minimum atomic E-state index is -0.720. The number of aliphatic carboxylic acids is 1. The number of rotatable bonds is 4. The summed E-state index contributed by atoms with van der Waals surface area (Å²) in [5.41, 5.74) is 1.53. The molecule has 2 rings (SSSR count). The van der Waals surface area contributed by atoms with Crippen LogP contribution in [0.25, 0.3) is 0 Å². The molecule has 20 heavy (non-hydrogen) atoms. The first-order chi connectivity index (χ1) is 9.60. The summed E-state index contributed by atoms with van der Waals surface area (Å²) in [4.78, 5) is 12.8. The number of carbonyl (C=O) groups is 1. The van der Waals surface area contributed by atoms with E-state index in [9.17, 15) is 4.79 Å². The van der Waals surface area contributed by atoms with Crippen LogP contribution in [0.1, 0.15) is 31.2 Å². The second-order valence-corrected chi connectivity index (χ2v) is 5.55. The maximum absolute atomic E-state index is 10.6. The Morgan fingerprint density at radius 1 is 1.45 bits per heavy atom. The highest BCUT2D eigenvalue weighted by Crippen LogP contribution is 2.31. The van der Waals surface area contributed by atoms with E-state index < -0.39 is 5.97 Å². The van der Waals surface area contributed by atoms with Gasteiger partial charge >= 0.3 is 5.97 Å². The zero-order chi connectivity index (χ0) is 14.5. The lowest BCUT2D eigenvalue weighted by Crippen LogP contribution is -2.34. The SMILES string of the molecule is N#Cc1ccc(N2CCC(CCC(=O)O)CC2)c(Cl)c1. The van der Waals surface area contributed by atoms with Gasteiger partial charge in [-0.05, 0) is 43.4 Å². The largest absolute Gasteiger partial charge is 0.481 e. The fourth-order valence-corrected chi connectivity index (χ4v) is 2.92. The number of hydrogen-bond acceptors (Lipinski definition) is 3. The van der Waals surface area contributed by atoms with Gasteiger partial charge in [0.2, 0.25) is 0 Å². The number of nitrogens with zero attached hydrogens (tertiary/aromatic N) is 2. The summed E-state index contributed by atoms with van der Waals surface area (Å²) in [5.74, 6) is -0.234. The Hall–Kier alpha value is -1.73. The molecule has 1 fully saturated rings. The normalized spacial score (nSPS) is 15.9. The lowest BCUT2D eigenvalue weighted by molar-refractivity contribution is -0.137. The molecular weight excluding hydrogens is 276 g/mol. The summed E-state index contributed by atoms with van der Waals surface area (Å²) in [6, 6.07) is 7.42. The molecule has 1 heterocycles. The highest BCUT2D eigenvalue weighted by atomic mass is 35.5. The van der Waals surface area contributed by atoms with E-state index in [1.165, 1.54) is 0 Å². The molecule has 0 spiro atoms. The lowest BCUT2D eigenvalue weighted by Gasteiger charge is -2.34. The molecule has 0 saturated carbocycles. The number of carboxylic acids is 1. The Labute approximate surface area is 123 Å². The van der Waals surface area contributed by atoms with Crippen LogP contribution >= 0.6 is 11.6 Å². The summed E-state index contributed by atoms with van der Waals surface area (Å²) in [6.07, 6.45) is 2.99. The second-order valence-electron chi connectivity index (χ2n) is 5.14. The Morgan fingerprint density at radius 3 is 2.70 bits per heavy atom. The van der Waals surface area contributed by atoms with Crippen molar-refractivity contribution in [2.45, 2.75) is 25.7 Å². The fraction of sp³-hybridized carbons (Fsp3) is 0.467. The van der Waals surface area contributed by atoms with Gasteiger partial charge in [0.05, 0.1) is 22.3 Å². The van der Waals surface area contributed by atoms with Crippen LogP contribution < -0.4 is 4.90 Å². The fourth-order valence-electron chi connectivity index (χ4n) is 2.62. The van der Waals surface area contributed by atoms with E-state index in [-0.39, 0.29) is 6.42 Å². The van der Waals surface area contributed by atoms with E-state index in [2.05, 4.69) is 11.0 Å². The van der Waals surface area contributed by atoms with Crippen molar-refractivity contribution in [1.29, 1.82) is 5.26 Å². The highest BCUT2D eigenvalue weighted by Gasteiger charge is 2.21. The third-order valence-electron chi connectivity index (χ3n) is 3.80. The van der Waals surface area contributed by atoms with Crippen LogP contribution in [0.15, 0.2) is 18.2 Å². The molecule has 0 unspecified atom stereocenters. The van der Waals surface area contributed by atoms with Gasteiger partial charge in [0.1, 0.15) is 0 Å². The molecule has 0 radical (unpaired) electrons. The van der Waals surface area contributed by atoms with Crippen LogP contribution in [-0.2, 0) is 4.79 Å². The maximum Gasteiger partial charge on any atom is 0.303 e. The summed E-state index contributed by atoms with van der Waals surface area (Å²) < 4.78 is 0. The first-order valence-corrected chi connectivity index (χ1v) is 7.14. The number of halogens is 1. The van der Waals surface area contributed by atoms with Crippen molar-refractivity contribution in [3.8, 4) is 6.07 Å². The maximum atomic E-state index is 10.6. The van der Waals surface area contributed by atoms with Crippen LogP contribution in [0.2, 0.25) is 5.02 Å². The summed E-state index contributed by atoms with van der Waals surface area (Å²) in [7, 11) is 0. The quantitative estimate of drug-likeness (QED) is 0.925. The Morgan fingerprint density at radius 2 is 2.15 bits per heavy atom. The van der Waals surface area contributed by atoms with Crippen molar-refractivity contribution in [1.82, 2.24) is 0 Å². The Kier molecular flexibility index (Phi) is 4.86. The van der Waals surface area contributed by atoms with Crippen LogP contribution in [0.4, 0.5) is 5.69 Å². The minimum absolute atomic E-state index is 0.252. The van der Waals surface area contributed by atoms with Gasteiger partial charge in [0.15, 0.2) is 0 Å². The van der Waals surface area contributed by atoms with Crippen LogP contribution in [0, 0.1) is 17.2 Å². The summed E-state index contributed by atoms with van der Waals surface area (Å²) in [6.45, 7) is 1.77. The van der Waals surface area contributed by atoms with Crippen molar-refractivity contribution >= 4 is 23.3 Å². The second kappa shape index (κ2) is 6.62. The van der Waals surface area contributed by atoms with Gasteiger partial charge in [-0.2, -0.15) is 5.26 Å². The topological polar surface area (TPSA) is 64.3 Å². The van der Waals surface area contributed by atoms with E-state index in [0.29, 0.717) is 16.5 Å². The van der Waals surface area contributed by atoms with E-state index in [1.54, 1.807) is 12.1 Å². The molecule has 0 atom stereocenters. The van der Waals surface area contributed by atoms with Crippen molar-refractivity contribution in [3.05, 3.63) is 28.8 Å². The van der Waals surface area contributed by atoms with Crippen LogP contribution in [0.5, 0.6) is 0 Å². The molecule has 106 valence electrons. The number of piperidine rings is 1. The molecule has 1 aliphatic heterocycles. The first kappa shape index (κ1) is 14.7. The van der Waals surface area contributed by atoms with Gasteiger partial charge in [-0.3, -0.25) is 4.79 Å². The lowest BCUT2D eigenvalue weighted by atomic mass is 9.92. The molecule has 4 nitrogen and oxygen atoms in total. The smallest absolute Gasteiger partial charge is 0.303 e. The average Bonchev–Trinajstić information content (AvgIpc) is 2.45. The number of benzene rings is 1. The van der Waals surface area contributed by atoms with Gasteiger partial charge in [-0.1, -0.05) is 11.6 Å². The summed E-state index contributed by atoms with van der Waals surface area (Å²) >= 11 is 6.21. The van der Waals surface area contributed by atoms with Gasteiger partial charge in [-0.15, -0.1) is 0 Å². The standard InChI is InChI=1S/C15H17ClN2O2/c16-13-9-12(10-17)1-3-14(13)18-7-5-11(6-8-18)2-4-15(19)20/h1,3,9,11H,2,4-8H2,(H,19,20). The summed E-state index contributed by atoms with van der Waals surface area (Å²) in [5, 5.41) is 18.1. The van der Waals surface area contributed by atoms with Gasteiger partial charge in [0.25, 0.3) is 0 Å². The minimum Gasteiger partial charge on any atom is -0.481 e. The number of nitriles is 1. The molecule has 5 heteroatoms. The number of anilines is 1. The highest BCUT2D eigenvalue weighted by molar-refractivity contribution is 6.33. The van der Waals surface area contributed by atoms with Crippen LogP contribution in [-0.4, -0.2) is 24.2 Å². The molecule has 1 aliphatic rings. The van der Waals surface area contributed by atoms with Crippen molar-refractivity contribution in [3.63, 3.8) is 0 Å². The average molecular weight is 293 g/mol. The Balaban J connectivity index is 1.94. The molecule has 0 aliphatic carbocycles. The van der Waals surface area contributed by atoms with Crippen LogP contribution in [0.3, 0.4) is 0 Å². The van der Waals surface area contributed by atoms with E-state index in [0.717, 1.165) is 38.0 Å². The molecule has 1 N–H and O–H groups in total. The van der Waals surface area contributed by atoms with Gasteiger partial charge < -0.3 is 10.0 Å². The number of hydrogen-bond donors (Lipinski definition) is 1. The number of carboxylic acid groups (broad SMARTS) is 1. The predicted molar refractivity (Wildman–Crippen MR) is 78.0 cm³/mol. The molecular formula is C15H17ClN2O2. The van der Waals surface area contributed by atoms with E-state index in [1.807, 2.05) is 6.07 Å². The van der Waals surface area contributed by atoms with Gasteiger partial charge in [0, 0.05) is 19.5 Å². The molecule has 1 aromatic carbocycles. The molecule has 0 bridgehead atoms. The van der Waals surface area contributed by atoms with E-state index >= 15 is 0 Å². The molecule has 1 aromatic rings. The zero-order valence-electron chi connectivity index (χ0n) is 11.2. The monoisotopic (exact) mass is 292 g/mol. The van der Waals surface area contributed by atoms with Crippen molar-refractivity contribution in [2.24, 2.45) is 5.92 Å². The molecule has 1 saturated heterocycles. The van der Waals surface area contributed by atoms with E-state index in [4.69, 9.17) is 22.0 Å². The zero-order valence-corrected chi connectivity index (χ0v) is 11.9. The third-order valence-corrected chi connectivity index (χ3v) is 4.10. The van der Waals surface area contributed by atoms with Gasteiger partial charge in [-0.25, -0.2) is 0 Å². The molecule has 0 amide bonds.